The molecule has 0 bridgehead atoms. The Balaban J connectivity index is 1.44. The molecule has 1 aliphatic carbocycles. The molecule has 2 aliphatic rings. The summed E-state index contributed by atoms with van der Waals surface area (Å²) < 4.78 is 11.0. The van der Waals surface area contributed by atoms with Crippen molar-refractivity contribution in [2.45, 2.75) is 31.8 Å². The molecule has 0 radical (unpaired) electrons. The van der Waals surface area contributed by atoms with Gasteiger partial charge in [0.1, 0.15) is 13.2 Å². The molecule has 4 nitrogen and oxygen atoms in total. The van der Waals surface area contributed by atoms with Gasteiger partial charge in [0.05, 0.1) is 6.10 Å². The zero-order chi connectivity index (χ0) is 13.8. The number of hydrogen-bond donors (Lipinski definition) is 2. The van der Waals surface area contributed by atoms with Crippen molar-refractivity contribution in [1.82, 2.24) is 5.32 Å². The summed E-state index contributed by atoms with van der Waals surface area (Å²) >= 11 is 0. The van der Waals surface area contributed by atoms with Crippen molar-refractivity contribution in [1.29, 1.82) is 0 Å². The monoisotopic (exact) mass is 277 g/mol. The fourth-order valence-corrected chi connectivity index (χ4v) is 2.55. The van der Waals surface area contributed by atoms with Crippen LogP contribution in [0, 0.1) is 5.92 Å². The van der Waals surface area contributed by atoms with E-state index < -0.39 is 6.10 Å². The Labute approximate surface area is 120 Å². The molecule has 3 rings (SSSR count). The van der Waals surface area contributed by atoms with Crippen molar-refractivity contribution >= 4 is 0 Å². The van der Waals surface area contributed by atoms with Crippen LogP contribution in [0.2, 0.25) is 0 Å². The first-order valence-corrected chi connectivity index (χ1v) is 7.61. The molecule has 1 saturated carbocycles. The number of nitrogens with one attached hydrogen (secondary N) is 1. The van der Waals surface area contributed by atoms with Crippen LogP contribution in [-0.4, -0.2) is 31.4 Å². The molecule has 1 aliphatic heterocycles. The zero-order valence-electron chi connectivity index (χ0n) is 11.8. The molecule has 2 N–H and O–H groups in total. The van der Waals surface area contributed by atoms with E-state index in [9.17, 15) is 5.11 Å². The summed E-state index contributed by atoms with van der Waals surface area (Å²) in [5.74, 6) is 2.49. The number of benzene rings is 1. The Bertz CT molecular complexity index is 445. The van der Waals surface area contributed by atoms with E-state index >= 15 is 0 Å². The molecule has 1 fully saturated rings. The number of fused-ring (bicyclic) bond motifs is 1. The van der Waals surface area contributed by atoms with Gasteiger partial charge in [0.25, 0.3) is 0 Å². The lowest BCUT2D eigenvalue weighted by Crippen LogP contribution is -2.23. The second-order valence-corrected chi connectivity index (χ2v) is 5.71. The first-order chi connectivity index (χ1) is 9.83. The standard InChI is InChI=1S/C16H23NO3/c18-14(11-17-7-1-2-12-3-4-12)13-5-6-15-16(10-13)20-9-8-19-15/h5-6,10,12,14,17-18H,1-4,7-9,11H2. The predicted octanol–water partition coefficient (Wildman–Crippen LogP) is 2.27. The maximum absolute atomic E-state index is 10.2. The van der Waals surface area contributed by atoms with Crippen LogP contribution in [0.4, 0.5) is 0 Å². The Hall–Kier alpha value is -1.26. The van der Waals surface area contributed by atoms with E-state index in [0.29, 0.717) is 19.8 Å². The molecule has 0 aromatic heterocycles. The van der Waals surface area contributed by atoms with Gasteiger partial charge in [-0.05, 0) is 43.0 Å². The molecule has 1 unspecified atom stereocenters. The van der Waals surface area contributed by atoms with Crippen molar-refractivity contribution in [3.63, 3.8) is 0 Å². The molecular weight excluding hydrogens is 254 g/mol. The van der Waals surface area contributed by atoms with Crippen LogP contribution in [0.3, 0.4) is 0 Å². The smallest absolute Gasteiger partial charge is 0.161 e. The minimum atomic E-state index is -0.494. The third kappa shape index (κ3) is 3.64. The van der Waals surface area contributed by atoms with Gasteiger partial charge in [-0.15, -0.1) is 0 Å². The minimum absolute atomic E-state index is 0.494. The van der Waals surface area contributed by atoms with E-state index in [-0.39, 0.29) is 0 Å². The molecule has 4 heteroatoms. The van der Waals surface area contributed by atoms with Crippen LogP contribution in [0.25, 0.3) is 0 Å². The third-order valence-electron chi connectivity index (χ3n) is 3.95. The quantitative estimate of drug-likeness (QED) is 0.751. The van der Waals surface area contributed by atoms with Crippen LogP contribution in [0.5, 0.6) is 11.5 Å². The molecule has 1 atom stereocenters. The Morgan fingerprint density at radius 3 is 2.80 bits per heavy atom. The van der Waals surface area contributed by atoms with Crippen molar-refractivity contribution in [2.24, 2.45) is 5.92 Å². The van der Waals surface area contributed by atoms with Gasteiger partial charge >= 0.3 is 0 Å². The summed E-state index contributed by atoms with van der Waals surface area (Å²) in [6, 6.07) is 5.66. The second kappa shape index (κ2) is 6.46. The molecule has 20 heavy (non-hydrogen) atoms. The normalized spacial score (nSPS) is 18.9. The second-order valence-electron chi connectivity index (χ2n) is 5.71. The van der Waals surface area contributed by atoms with Gasteiger partial charge in [0.15, 0.2) is 11.5 Å². The van der Waals surface area contributed by atoms with Crippen molar-refractivity contribution in [3.8, 4) is 11.5 Å². The molecular formula is C16H23NO3. The summed E-state index contributed by atoms with van der Waals surface area (Å²) in [6.45, 7) is 2.74. The topological polar surface area (TPSA) is 50.7 Å². The largest absolute Gasteiger partial charge is 0.486 e. The molecule has 1 aromatic rings. The molecule has 1 heterocycles. The number of rotatable bonds is 7. The van der Waals surface area contributed by atoms with Crippen LogP contribution in [0.15, 0.2) is 18.2 Å². The number of hydrogen-bond acceptors (Lipinski definition) is 4. The molecule has 0 amide bonds. The lowest BCUT2D eigenvalue weighted by Gasteiger charge is -2.20. The van der Waals surface area contributed by atoms with Gasteiger partial charge in [-0.2, -0.15) is 0 Å². The van der Waals surface area contributed by atoms with Gasteiger partial charge in [-0.1, -0.05) is 18.9 Å². The van der Waals surface area contributed by atoms with E-state index in [2.05, 4.69) is 5.32 Å². The predicted molar refractivity (Wildman–Crippen MR) is 77.2 cm³/mol. The summed E-state index contributed by atoms with van der Waals surface area (Å²) in [5.41, 5.74) is 0.879. The highest BCUT2D eigenvalue weighted by molar-refractivity contribution is 5.44. The first kappa shape index (κ1) is 13.7. The molecule has 110 valence electrons. The number of aliphatic hydroxyl groups is 1. The van der Waals surface area contributed by atoms with Gasteiger partial charge < -0.3 is 19.9 Å². The van der Waals surface area contributed by atoms with Gasteiger partial charge in [-0.3, -0.25) is 0 Å². The van der Waals surface area contributed by atoms with Crippen molar-refractivity contribution in [3.05, 3.63) is 23.8 Å². The summed E-state index contributed by atoms with van der Waals surface area (Å²) in [5, 5.41) is 13.5. The maximum atomic E-state index is 10.2. The SMILES string of the molecule is OC(CNCCCC1CC1)c1ccc2c(c1)OCCO2. The lowest BCUT2D eigenvalue weighted by molar-refractivity contribution is 0.163. The van der Waals surface area contributed by atoms with Gasteiger partial charge in [0, 0.05) is 6.54 Å². The van der Waals surface area contributed by atoms with Crippen molar-refractivity contribution < 1.29 is 14.6 Å². The van der Waals surface area contributed by atoms with E-state index in [1.165, 1.54) is 25.7 Å². The van der Waals surface area contributed by atoms with E-state index in [1.807, 2.05) is 18.2 Å². The first-order valence-electron chi connectivity index (χ1n) is 7.61. The highest BCUT2D eigenvalue weighted by Gasteiger charge is 2.20. The van der Waals surface area contributed by atoms with E-state index in [4.69, 9.17) is 9.47 Å². The van der Waals surface area contributed by atoms with Crippen molar-refractivity contribution in [2.75, 3.05) is 26.3 Å². The van der Waals surface area contributed by atoms with Crippen LogP contribution >= 0.6 is 0 Å². The fourth-order valence-electron chi connectivity index (χ4n) is 2.55. The number of aliphatic hydroxyl groups excluding tert-OH is 1. The summed E-state index contributed by atoms with van der Waals surface area (Å²) in [7, 11) is 0. The van der Waals surface area contributed by atoms with E-state index in [0.717, 1.165) is 29.5 Å². The highest BCUT2D eigenvalue weighted by Crippen LogP contribution is 2.33. The third-order valence-corrected chi connectivity index (χ3v) is 3.95. The molecule has 0 spiro atoms. The molecule has 0 saturated heterocycles. The Morgan fingerprint density at radius 2 is 2.00 bits per heavy atom. The Morgan fingerprint density at radius 1 is 1.20 bits per heavy atom. The molecule has 1 aromatic carbocycles. The Kier molecular flexibility index (Phi) is 4.43. The summed E-state index contributed by atoms with van der Waals surface area (Å²) in [6.07, 6.45) is 4.87. The number of ether oxygens (including phenoxy) is 2. The summed E-state index contributed by atoms with van der Waals surface area (Å²) in [4.78, 5) is 0. The lowest BCUT2D eigenvalue weighted by atomic mass is 10.1. The van der Waals surface area contributed by atoms with Crippen LogP contribution in [-0.2, 0) is 0 Å². The van der Waals surface area contributed by atoms with Gasteiger partial charge in [0.2, 0.25) is 0 Å². The van der Waals surface area contributed by atoms with E-state index in [1.54, 1.807) is 0 Å². The fraction of sp³-hybridized carbons (Fsp3) is 0.625. The average Bonchev–Trinajstić information content (AvgIpc) is 3.30. The highest BCUT2D eigenvalue weighted by atomic mass is 16.6. The average molecular weight is 277 g/mol. The zero-order valence-corrected chi connectivity index (χ0v) is 11.8. The van der Waals surface area contributed by atoms with Gasteiger partial charge in [-0.25, -0.2) is 0 Å². The maximum Gasteiger partial charge on any atom is 0.161 e. The van der Waals surface area contributed by atoms with Crippen LogP contribution in [0.1, 0.15) is 37.4 Å². The minimum Gasteiger partial charge on any atom is -0.486 e. The van der Waals surface area contributed by atoms with Crippen LogP contribution < -0.4 is 14.8 Å².